The number of aliphatic hydroxyl groups excluding tert-OH is 1. The second-order valence-corrected chi connectivity index (χ2v) is 5.67. The predicted molar refractivity (Wildman–Crippen MR) is 71.4 cm³/mol. The van der Waals surface area contributed by atoms with Crippen molar-refractivity contribution in [1.29, 1.82) is 0 Å². The van der Waals surface area contributed by atoms with Gasteiger partial charge in [-0.3, -0.25) is 0 Å². The molecule has 0 fully saturated rings. The Labute approximate surface area is 109 Å². The number of halogens is 2. The molecule has 1 atom stereocenters. The fourth-order valence-corrected chi connectivity index (χ4v) is 2.72. The molecule has 0 heterocycles. The van der Waals surface area contributed by atoms with E-state index in [0.29, 0.717) is 6.42 Å². The molecule has 0 radical (unpaired) electrons. The molecule has 0 saturated carbocycles. The third kappa shape index (κ3) is 4.85. The van der Waals surface area contributed by atoms with Crippen LogP contribution in [-0.4, -0.2) is 22.7 Å². The van der Waals surface area contributed by atoms with Gasteiger partial charge in [-0.1, -0.05) is 28.9 Å². The molecule has 0 amide bonds. The Morgan fingerprint density at radius 3 is 2.88 bits per heavy atom. The van der Waals surface area contributed by atoms with E-state index in [9.17, 15) is 9.50 Å². The summed E-state index contributed by atoms with van der Waals surface area (Å²) in [5.41, 5.74) is 0.950. The minimum atomic E-state index is -0.363. The lowest BCUT2D eigenvalue weighted by atomic mass is 10.1. The van der Waals surface area contributed by atoms with Gasteiger partial charge in [-0.05, 0) is 29.9 Å². The molecule has 90 valence electrons. The lowest BCUT2D eigenvalue weighted by Crippen LogP contribution is -2.14. The summed E-state index contributed by atoms with van der Waals surface area (Å²) in [5, 5.41) is 9.79. The Balaban J connectivity index is 2.46. The molecule has 0 spiro atoms. The standard InChI is InChI=1S/C12H16BrFOS/c1-2-5-16-8-11(15)6-9-3-4-10(14)7-12(9)13/h3-4,7,11,15H,2,5-6,8H2,1H3. The second kappa shape index (κ2) is 7.30. The molecule has 0 bridgehead atoms. The fourth-order valence-electron chi connectivity index (χ4n) is 1.36. The summed E-state index contributed by atoms with van der Waals surface area (Å²) in [6.45, 7) is 2.12. The van der Waals surface area contributed by atoms with E-state index in [1.807, 2.05) is 0 Å². The van der Waals surface area contributed by atoms with Gasteiger partial charge in [-0.15, -0.1) is 0 Å². The quantitative estimate of drug-likeness (QED) is 0.810. The summed E-state index contributed by atoms with van der Waals surface area (Å²) in [6.07, 6.45) is 1.33. The molecule has 0 aliphatic carbocycles. The maximum Gasteiger partial charge on any atom is 0.124 e. The van der Waals surface area contributed by atoms with Gasteiger partial charge in [0.15, 0.2) is 0 Å². The molecule has 1 rings (SSSR count). The minimum Gasteiger partial charge on any atom is -0.392 e. The van der Waals surface area contributed by atoms with Crippen LogP contribution in [0, 0.1) is 5.82 Å². The van der Waals surface area contributed by atoms with Crippen molar-refractivity contribution < 1.29 is 9.50 Å². The first kappa shape index (κ1) is 14.0. The van der Waals surface area contributed by atoms with Crippen molar-refractivity contribution in [1.82, 2.24) is 0 Å². The van der Waals surface area contributed by atoms with Crippen LogP contribution in [0.3, 0.4) is 0 Å². The monoisotopic (exact) mass is 306 g/mol. The smallest absolute Gasteiger partial charge is 0.124 e. The van der Waals surface area contributed by atoms with Crippen molar-refractivity contribution in [3.05, 3.63) is 34.1 Å². The van der Waals surface area contributed by atoms with Gasteiger partial charge in [0.05, 0.1) is 6.10 Å². The molecule has 1 N–H and O–H groups in total. The molecule has 1 aromatic rings. The highest BCUT2D eigenvalue weighted by Crippen LogP contribution is 2.20. The molecule has 1 unspecified atom stereocenters. The van der Waals surface area contributed by atoms with Gasteiger partial charge in [0.25, 0.3) is 0 Å². The number of thioether (sulfide) groups is 1. The number of hydrogen-bond donors (Lipinski definition) is 1. The van der Waals surface area contributed by atoms with Crippen molar-refractivity contribution in [2.75, 3.05) is 11.5 Å². The Bertz CT molecular complexity index is 333. The lowest BCUT2D eigenvalue weighted by Gasteiger charge is -2.11. The number of hydrogen-bond acceptors (Lipinski definition) is 2. The summed E-state index contributed by atoms with van der Waals surface area (Å²) in [4.78, 5) is 0. The molecule has 4 heteroatoms. The van der Waals surface area contributed by atoms with Crippen molar-refractivity contribution in [3.8, 4) is 0 Å². The predicted octanol–water partition coefficient (Wildman–Crippen LogP) is 3.63. The molecule has 1 aromatic carbocycles. The van der Waals surface area contributed by atoms with Gasteiger partial charge in [0.1, 0.15) is 5.82 Å². The summed E-state index contributed by atoms with van der Waals surface area (Å²) >= 11 is 5.05. The van der Waals surface area contributed by atoms with Gasteiger partial charge in [0.2, 0.25) is 0 Å². The highest BCUT2D eigenvalue weighted by molar-refractivity contribution is 9.10. The summed E-state index contributed by atoms with van der Waals surface area (Å²) < 4.78 is 13.6. The van der Waals surface area contributed by atoms with Gasteiger partial charge in [0, 0.05) is 16.6 Å². The van der Waals surface area contributed by atoms with E-state index in [4.69, 9.17) is 0 Å². The van der Waals surface area contributed by atoms with E-state index < -0.39 is 0 Å². The van der Waals surface area contributed by atoms with Crippen LogP contribution < -0.4 is 0 Å². The van der Waals surface area contributed by atoms with Crippen molar-refractivity contribution in [2.24, 2.45) is 0 Å². The van der Waals surface area contributed by atoms with Crippen molar-refractivity contribution in [3.63, 3.8) is 0 Å². The van der Waals surface area contributed by atoms with E-state index in [-0.39, 0.29) is 11.9 Å². The van der Waals surface area contributed by atoms with Gasteiger partial charge >= 0.3 is 0 Å². The molecule has 0 aliphatic rings. The Kier molecular flexibility index (Phi) is 6.39. The Morgan fingerprint density at radius 2 is 2.25 bits per heavy atom. The topological polar surface area (TPSA) is 20.2 Å². The van der Waals surface area contributed by atoms with Gasteiger partial charge in [-0.2, -0.15) is 11.8 Å². The fraction of sp³-hybridized carbons (Fsp3) is 0.500. The average Bonchev–Trinajstić information content (AvgIpc) is 2.23. The summed E-state index contributed by atoms with van der Waals surface area (Å²) in [6, 6.07) is 4.57. The molecular formula is C12H16BrFOS. The van der Waals surface area contributed by atoms with Crippen molar-refractivity contribution >= 4 is 27.7 Å². The summed E-state index contributed by atoms with van der Waals surface area (Å²) in [7, 11) is 0. The average molecular weight is 307 g/mol. The molecule has 0 aromatic heterocycles. The molecular weight excluding hydrogens is 291 g/mol. The van der Waals surface area contributed by atoms with E-state index in [1.54, 1.807) is 17.8 Å². The summed E-state index contributed by atoms with van der Waals surface area (Å²) in [5.74, 6) is 1.55. The zero-order chi connectivity index (χ0) is 12.0. The Hall–Kier alpha value is -0.0600. The van der Waals surface area contributed by atoms with E-state index in [2.05, 4.69) is 22.9 Å². The largest absolute Gasteiger partial charge is 0.392 e. The highest BCUT2D eigenvalue weighted by atomic mass is 79.9. The maximum atomic E-state index is 12.8. The van der Waals surface area contributed by atoms with Gasteiger partial charge < -0.3 is 5.11 Å². The molecule has 16 heavy (non-hydrogen) atoms. The van der Waals surface area contributed by atoms with Crippen LogP contribution in [0.1, 0.15) is 18.9 Å². The van der Waals surface area contributed by atoms with Crippen molar-refractivity contribution in [2.45, 2.75) is 25.9 Å². The molecule has 0 saturated heterocycles. The number of benzene rings is 1. The first-order chi connectivity index (χ1) is 7.63. The first-order valence-electron chi connectivity index (χ1n) is 5.33. The van der Waals surface area contributed by atoms with Crippen LogP contribution >= 0.6 is 27.7 Å². The highest BCUT2D eigenvalue weighted by Gasteiger charge is 2.08. The lowest BCUT2D eigenvalue weighted by molar-refractivity contribution is 0.200. The molecule has 1 nitrogen and oxygen atoms in total. The zero-order valence-electron chi connectivity index (χ0n) is 9.25. The maximum absolute atomic E-state index is 12.8. The third-order valence-electron chi connectivity index (χ3n) is 2.13. The van der Waals surface area contributed by atoms with E-state index in [0.717, 1.165) is 28.0 Å². The van der Waals surface area contributed by atoms with Gasteiger partial charge in [-0.25, -0.2) is 4.39 Å². The second-order valence-electron chi connectivity index (χ2n) is 3.67. The first-order valence-corrected chi connectivity index (χ1v) is 7.28. The van der Waals surface area contributed by atoms with Crippen LogP contribution in [0.15, 0.2) is 22.7 Å². The van der Waals surface area contributed by atoms with E-state index >= 15 is 0 Å². The van der Waals surface area contributed by atoms with Crippen LogP contribution in [0.25, 0.3) is 0 Å². The zero-order valence-corrected chi connectivity index (χ0v) is 11.7. The van der Waals surface area contributed by atoms with Crippen LogP contribution in [0.2, 0.25) is 0 Å². The van der Waals surface area contributed by atoms with E-state index in [1.165, 1.54) is 12.1 Å². The normalized spacial score (nSPS) is 12.8. The SMILES string of the molecule is CCCSCC(O)Cc1ccc(F)cc1Br. The number of aliphatic hydroxyl groups is 1. The number of rotatable bonds is 6. The molecule has 0 aliphatic heterocycles. The minimum absolute atomic E-state index is 0.259. The third-order valence-corrected chi connectivity index (χ3v) is 4.18. The van der Waals surface area contributed by atoms with Crippen LogP contribution in [-0.2, 0) is 6.42 Å². The van der Waals surface area contributed by atoms with Crippen LogP contribution in [0.5, 0.6) is 0 Å². The van der Waals surface area contributed by atoms with Crippen LogP contribution in [0.4, 0.5) is 4.39 Å². The Morgan fingerprint density at radius 1 is 1.50 bits per heavy atom.